The standard InChI is InChI=1S/C19H15ClFN7/c20-11-3-6-13(7-4-11)23-18-25-17(22)26-19(27-18)28-15-9-12(21)5-8-14(15)24-16(28)10-1-2-10/h3-10H,1-2H2,(H3,22,23,25,26,27). The Morgan fingerprint density at radius 1 is 1.04 bits per heavy atom. The summed E-state index contributed by atoms with van der Waals surface area (Å²) in [6.45, 7) is 0. The van der Waals surface area contributed by atoms with Crippen LogP contribution in [0.15, 0.2) is 42.5 Å². The van der Waals surface area contributed by atoms with Gasteiger partial charge in [0.05, 0.1) is 11.0 Å². The molecule has 28 heavy (non-hydrogen) atoms. The molecule has 0 unspecified atom stereocenters. The molecule has 0 spiro atoms. The second kappa shape index (κ2) is 6.42. The van der Waals surface area contributed by atoms with E-state index in [4.69, 9.17) is 17.3 Å². The van der Waals surface area contributed by atoms with Crippen LogP contribution in [0.1, 0.15) is 24.6 Å². The smallest absolute Gasteiger partial charge is 0.242 e. The van der Waals surface area contributed by atoms with E-state index in [0.29, 0.717) is 27.9 Å². The third kappa shape index (κ3) is 3.11. The van der Waals surface area contributed by atoms with Gasteiger partial charge in [-0.25, -0.2) is 9.37 Å². The summed E-state index contributed by atoms with van der Waals surface area (Å²) >= 11 is 5.92. The molecular weight excluding hydrogens is 381 g/mol. The van der Waals surface area contributed by atoms with Gasteiger partial charge in [0.2, 0.25) is 17.8 Å². The van der Waals surface area contributed by atoms with Gasteiger partial charge >= 0.3 is 0 Å². The van der Waals surface area contributed by atoms with Crippen LogP contribution in [0.25, 0.3) is 17.0 Å². The highest BCUT2D eigenvalue weighted by Crippen LogP contribution is 2.41. The van der Waals surface area contributed by atoms with E-state index < -0.39 is 0 Å². The molecule has 1 aliphatic carbocycles. The minimum absolute atomic E-state index is 0.0569. The first-order valence-corrected chi connectivity index (χ1v) is 9.17. The highest BCUT2D eigenvalue weighted by atomic mass is 35.5. The molecule has 0 atom stereocenters. The van der Waals surface area contributed by atoms with Crippen molar-refractivity contribution in [1.82, 2.24) is 24.5 Å². The molecule has 9 heteroatoms. The quantitative estimate of drug-likeness (QED) is 0.537. The zero-order chi connectivity index (χ0) is 19.3. The molecule has 1 fully saturated rings. The Balaban J connectivity index is 1.63. The van der Waals surface area contributed by atoms with Crippen LogP contribution in [-0.2, 0) is 0 Å². The van der Waals surface area contributed by atoms with Gasteiger partial charge in [-0.05, 0) is 49.2 Å². The van der Waals surface area contributed by atoms with Gasteiger partial charge in [-0.1, -0.05) is 11.6 Å². The molecule has 0 radical (unpaired) electrons. The average Bonchev–Trinajstić information content (AvgIpc) is 3.44. The Hall–Kier alpha value is -3.26. The maximum atomic E-state index is 13.9. The molecule has 5 rings (SSSR count). The molecule has 1 saturated carbocycles. The van der Waals surface area contributed by atoms with Crippen molar-refractivity contribution in [3.8, 4) is 5.95 Å². The van der Waals surface area contributed by atoms with Crippen LogP contribution in [0.4, 0.5) is 22.0 Å². The first kappa shape index (κ1) is 16.9. The fraction of sp³-hybridized carbons (Fsp3) is 0.158. The molecule has 2 aromatic heterocycles. The van der Waals surface area contributed by atoms with Crippen LogP contribution in [0.5, 0.6) is 0 Å². The SMILES string of the molecule is Nc1nc(Nc2ccc(Cl)cc2)nc(-n2c(C3CC3)nc3ccc(F)cc32)n1. The maximum Gasteiger partial charge on any atom is 0.242 e. The zero-order valence-corrected chi connectivity index (χ0v) is 15.4. The second-order valence-electron chi connectivity index (χ2n) is 6.66. The predicted molar refractivity (Wildman–Crippen MR) is 106 cm³/mol. The normalized spacial score (nSPS) is 13.8. The van der Waals surface area contributed by atoms with Gasteiger partial charge in [-0.15, -0.1) is 0 Å². The Bertz CT molecular complexity index is 1190. The minimum atomic E-state index is -0.350. The molecule has 4 aromatic rings. The van der Waals surface area contributed by atoms with E-state index in [1.54, 1.807) is 34.9 Å². The lowest BCUT2D eigenvalue weighted by molar-refractivity contribution is 0.629. The van der Waals surface area contributed by atoms with Gasteiger partial charge in [0.1, 0.15) is 11.6 Å². The summed E-state index contributed by atoms with van der Waals surface area (Å²) < 4.78 is 15.7. The Labute approximate surface area is 164 Å². The molecular formula is C19H15ClFN7. The first-order valence-electron chi connectivity index (χ1n) is 8.79. The van der Waals surface area contributed by atoms with E-state index in [1.807, 2.05) is 0 Å². The molecule has 3 N–H and O–H groups in total. The van der Waals surface area contributed by atoms with Gasteiger partial charge in [0.25, 0.3) is 0 Å². The summed E-state index contributed by atoms with van der Waals surface area (Å²) in [6.07, 6.45) is 2.06. The number of rotatable bonds is 4. The van der Waals surface area contributed by atoms with E-state index in [-0.39, 0.29) is 17.7 Å². The average molecular weight is 396 g/mol. The van der Waals surface area contributed by atoms with Crippen molar-refractivity contribution in [2.75, 3.05) is 11.1 Å². The number of anilines is 3. The van der Waals surface area contributed by atoms with E-state index >= 15 is 0 Å². The van der Waals surface area contributed by atoms with Crippen LogP contribution >= 0.6 is 11.6 Å². The fourth-order valence-electron chi connectivity index (χ4n) is 3.09. The van der Waals surface area contributed by atoms with Gasteiger partial charge in [0, 0.05) is 22.7 Å². The monoisotopic (exact) mass is 395 g/mol. The highest BCUT2D eigenvalue weighted by Gasteiger charge is 2.31. The van der Waals surface area contributed by atoms with E-state index in [9.17, 15) is 4.39 Å². The van der Waals surface area contributed by atoms with E-state index in [1.165, 1.54) is 12.1 Å². The summed E-state index contributed by atoms with van der Waals surface area (Å²) in [5, 5.41) is 3.72. The molecule has 140 valence electrons. The third-order valence-corrected chi connectivity index (χ3v) is 4.78. The van der Waals surface area contributed by atoms with Crippen LogP contribution in [0, 0.1) is 5.82 Å². The molecule has 7 nitrogen and oxygen atoms in total. The number of imidazole rings is 1. The predicted octanol–water partition coefficient (Wildman–Crippen LogP) is 4.21. The highest BCUT2D eigenvalue weighted by molar-refractivity contribution is 6.30. The van der Waals surface area contributed by atoms with E-state index in [2.05, 4.69) is 25.3 Å². The number of aromatic nitrogens is 5. The van der Waals surface area contributed by atoms with Crippen LogP contribution in [0.3, 0.4) is 0 Å². The molecule has 0 saturated heterocycles. The Morgan fingerprint density at radius 3 is 2.57 bits per heavy atom. The third-order valence-electron chi connectivity index (χ3n) is 4.53. The lowest BCUT2D eigenvalue weighted by Gasteiger charge is -2.10. The molecule has 0 aliphatic heterocycles. The van der Waals surface area contributed by atoms with Crippen LogP contribution in [0.2, 0.25) is 5.02 Å². The van der Waals surface area contributed by atoms with Crippen molar-refractivity contribution in [2.24, 2.45) is 0 Å². The molecule has 0 bridgehead atoms. The minimum Gasteiger partial charge on any atom is -0.368 e. The number of halogens is 2. The lowest BCUT2D eigenvalue weighted by atomic mass is 10.3. The van der Waals surface area contributed by atoms with Crippen molar-refractivity contribution in [1.29, 1.82) is 0 Å². The van der Waals surface area contributed by atoms with Gasteiger partial charge in [0.15, 0.2) is 0 Å². The Morgan fingerprint density at radius 2 is 1.82 bits per heavy atom. The second-order valence-corrected chi connectivity index (χ2v) is 7.10. The van der Waals surface area contributed by atoms with Crippen molar-refractivity contribution in [3.05, 3.63) is 59.1 Å². The Kier molecular flexibility index (Phi) is 3.87. The van der Waals surface area contributed by atoms with E-state index in [0.717, 1.165) is 24.4 Å². The molecule has 0 amide bonds. The van der Waals surface area contributed by atoms with Crippen molar-refractivity contribution < 1.29 is 4.39 Å². The summed E-state index contributed by atoms with van der Waals surface area (Å²) in [5.41, 5.74) is 7.97. The number of fused-ring (bicyclic) bond motifs is 1. The fourth-order valence-corrected chi connectivity index (χ4v) is 3.22. The van der Waals surface area contributed by atoms with Crippen molar-refractivity contribution in [2.45, 2.75) is 18.8 Å². The summed E-state index contributed by atoms with van der Waals surface area (Å²) in [6, 6.07) is 11.6. The van der Waals surface area contributed by atoms with Crippen LogP contribution < -0.4 is 11.1 Å². The number of hydrogen-bond donors (Lipinski definition) is 2. The van der Waals surface area contributed by atoms with Gasteiger partial charge in [-0.3, -0.25) is 4.57 Å². The van der Waals surface area contributed by atoms with Crippen molar-refractivity contribution >= 4 is 40.2 Å². The maximum absolute atomic E-state index is 13.9. The number of nitrogens with zero attached hydrogens (tertiary/aromatic N) is 5. The number of nitrogen functional groups attached to an aromatic ring is 1. The number of nitrogens with one attached hydrogen (secondary N) is 1. The van der Waals surface area contributed by atoms with Crippen molar-refractivity contribution in [3.63, 3.8) is 0 Å². The number of nitrogens with two attached hydrogens (primary N) is 1. The molecule has 2 aromatic carbocycles. The first-order chi connectivity index (χ1) is 13.6. The summed E-state index contributed by atoms with van der Waals surface area (Å²) in [5.74, 6) is 1.41. The zero-order valence-electron chi connectivity index (χ0n) is 14.6. The van der Waals surface area contributed by atoms with Gasteiger partial charge in [-0.2, -0.15) is 15.0 Å². The van der Waals surface area contributed by atoms with Crippen LogP contribution in [-0.4, -0.2) is 24.5 Å². The summed E-state index contributed by atoms with van der Waals surface area (Å²) in [4.78, 5) is 17.6. The molecule has 1 aliphatic rings. The topological polar surface area (TPSA) is 94.5 Å². The van der Waals surface area contributed by atoms with Gasteiger partial charge < -0.3 is 11.1 Å². The number of hydrogen-bond acceptors (Lipinski definition) is 6. The number of benzene rings is 2. The largest absolute Gasteiger partial charge is 0.368 e. The summed E-state index contributed by atoms with van der Waals surface area (Å²) in [7, 11) is 0. The molecule has 2 heterocycles. The lowest BCUT2D eigenvalue weighted by Crippen LogP contribution is -2.11.